The van der Waals surface area contributed by atoms with Crippen LogP contribution in [0.5, 0.6) is 11.5 Å². The molecule has 0 aliphatic rings. The maximum absolute atomic E-state index is 12.6. The summed E-state index contributed by atoms with van der Waals surface area (Å²) in [6.45, 7) is 0.0967. The highest BCUT2D eigenvalue weighted by Gasteiger charge is 2.12. The predicted molar refractivity (Wildman–Crippen MR) is 113 cm³/mol. The molecule has 0 saturated heterocycles. The van der Waals surface area contributed by atoms with Crippen LogP contribution in [-0.4, -0.2) is 10.9 Å². The number of carbonyl (C=O) groups excluding carboxylic acids is 1. The van der Waals surface area contributed by atoms with E-state index in [9.17, 15) is 14.9 Å². The van der Waals surface area contributed by atoms with E-state index in [0.29, 0.717) is 17.1 Å². The minimum Gasteiger partial charge on any atom is -0.457 e. The van der Waals surface area contributed by atoms with Gasteiger partial charge in [-0.2, -0.15) is 0 Å². The Bertz CT molecular complexity index is 1210. The molecule has 0 fully saturated rings. The van der Waals surface area contributed by atoms with E-state index in [-0.39, 0.29) is 12.3 Å². The van der Waals surface area contributed by atoms with Crippen LogP contribution in [0.3, 0.4) is 0 Å². The highest BCUT2D eigenvalue weighted by atomic mass is 16.6. The number of esters is 1. The van der Waals surface area contributed by atoms with Gasteiger partial charge in [-0.3, -0.25) is 10.1 Å². The van der Waals surface area contributed by atoms with Crippen LogP contribution in [0.1, 0.15) is 15.9 Å². The molecule has 0 spiro atoms. The fourth-order valence-electron chi connectivity index (χ4n) is 3.10. The van der Waals surface area contributed by atoms with E-state index in [2.05, 4.69) is 0 Å². The Morgan fingerprint density at radius 1 is 0.833 bits per heavy atom. The number of hydrogen-bond donors (Lipinski definition) is 0. The third-order valence-electron chi connectivity index (χ3n) is 4.56. The van der Waals surface area contributed by atoms with Crippen LogP contribution in [0, 0.1) is 10.1 Å². The number of nitrogens with zero attached hydrogens (tertiary/aromatic N) is 1. The number of hydrogen-bond acceptors (Lipinski definition) is 5. The van der Waals surface area contributed by atoms with E-state index in [1.807, 2.05) is 42.5 Å². The molecule has 6 heteroatoms. The molecular formula is C24H17NO5. The highest BCUT2D eigenvalue weighted by Crippen LogP contribution is 2.25. The molecule has 0 aliphatic heterocycles. The Labute approximate surface area is 172 Å². The molecule has 0 bridgehead atoms. The van der Waals surface area contributed by atoms with Crippen LogP contribution in [0.25, 0.3) is 10.8 Å². The summed E-state index contributed by atoms with van der Waals surface area (Å²) in [4.78, 5) is 22.9. The summed E-state index contributed by atoms with van der Waals surface area (Å²) >= 11 is 0. The molecule has 0 radical (unpaired) electrons. The molecular weight excluding hydrogens is 382 g/mol. The van der Waals surface area contributed by atoms with Crippen LogP contribution in [0.4, 0.5) is 5.69 Å². The second-order valence-corrected chi connectivity index (χ2v) is 6.60. The molecule has 0 saturated carbocycles. The SMILES string of the molecule is O=C(OCc1cccc(Oc2ccc([N+](=O)[O-])cc2)c1)c1cccc2ccccc12. The van der Waals surface area contributed by atoms with Gasteiger partial charge in [-0.15, -0.1) is 0 Å². The van der Waals surface area contributed by atoms with Gasteiger partial charge in [0.25, 0.3) is 5.69 Å². The molecule has 6 nitrogen and oxygen atoms in total. The molecule has 0 aromatic heterocycles. The summed E-state index contributed by atoms with van der Waals surface area (Å²) in [5, 5.41) is 12.6. The van der Waals surface area contributed by atoms with Crippen LogP contribution >= 0.6 is 0 Å². The third-order valence-corrected chi connectivity index (χ3v) is 4.56. The number of carbonyl (C=O) groups is 1. The van der Waals surface area contributed by atoms with Crippen LogP contribution in [-0.2, 0) is 11.3 Å². The zero-order valence-electron chi connectivity index (χ0n) is 15.9. The van der Waals surface area contributed by atoms with E-state index in [0.717, 1.165) is 16.3 Å². The van der Waals surface area contributed by atoms with Crippen molar-refractivity contribution in [3.05, 3.63) is 112 Å². The maximum Gasteiger partial charge on any atom is 0.339 e. The van der Waals surface area contributed by atoms with E-state index in [1.54, 1.807) is 24.3 Å². The Hall–Kier alpha value is -4.19. The second-order valence-electron chi connectivity index (χ2n) is 6.60. The Morgan fingerprint density at radius 2 is 1.57 bits per heavy atom. The van der Waals surface area contributed by atoms with Gasteiger partial charge >= 0.3 is 5.97 Å². The molecule has 0 amide bonds. The molecule has 4 aromatic rings. The van der Waals surface area contributed by atoms with Crippen LogP contribution in [0.2, 0.25) is 0 Å². The Morgan fingerprint density at radius 3 is 2.37 bits per heavy atom. The van der Waals surface area contributed by atoms with Gasteiger partial charge in [-0.05, 0) is 46.7 Å². The van der Waals surface area contributed by atoms with Crippen molar-refractivity contribution in [1.29, 1.82) is 0 Å². The lowest BCUT2D eigenvalue weighted by Crippen LogP contribution is -2.06. The summed E-state index contributed by atoms with van der Waals surface area (Å²) in [7, 11) is 0. The molecule has 4 aromatic carbocycles. The number of nitro groups is 1. The van der Waals surface area contributed by atoms with Gasteiger partial charge in [-0.1, -0.05) is 48.5 Å². The number of non-ortho nitro benzene ring substituents is 1. The van der Waals surface area contributed by atoms with Gasteiger partial charge in [0.2, 0.25) is 0 Å². The van der Waals surface area contributed by atoms with E-state index in [4.69, 9.17) is 9.47 Å². The number of nitro benzene ring substituents is 1. The van der Waals surface area contributed by atoms with Gasteiger partial charge in [0.1, 0.15) is 18.1 Å². The van der Waals surface area contributed by atoms with Gasteiger partial charge in [-0.25, -0.2) is 4.79 Å². The minimum atomic E-state index is -0.464. The lowest BCUT2D eigenvalue weighted by Gasteiger charge is -2.10. The predicted octanol–water partition coefficient (Wildman–Crippen LogP) is 5.90. The van der Waals surface area contributed by atoms with Crippen molar-refractivity contribution in [1.82, 2.24) is 0 Å². The van der Waals surface area contributed by atoms with Crippen molar-refractivity contribution in [3.8, 4) is 11.5 Å². The van der Waals surface area contributed by atoms with Crippen molar-refractivity contribution in [2.75, 3.05) is 0 Å². The van der Waals surface area contributed by atoms with Crippen molar-refractivity contribution in [2.24, 2.45) is 0 Å². The van der Waals surface area contributed by atoms with E-state index < -0.39 is 10.9 Å². The smallest absolute Gasteiger partial charge is 0.339 e. The van der Waals surface area contributed by atoms with Crippen LogP contribution in [0.15, 0.2) is 91.0 Å². The average Bonchev–Trinajstić information content (AvgIpc) is 2.78. The maximum atomic E-state index is 12.6. The van der Waals surface area contributed by atoms with Crippen LogP contribution < -0.4 is 4.74 Å². The Balaban J connectivity index is 1.44. The molecule has 30 heavy (non-hydrogen) atoms. The van der Waals surface area contributed by atoms with E-state index >= 15 is 0 Å². The first-order valence-corrected chi connectivity index (χ1v) is 9.26. The molecule has 0 atom stereocenters. The normalized spacial score (nSPS) is 10.5. The van der Waals surface area contributed by atoms with Crippen molar-refractivity contribution in [3.63, 3.8) is 0 Å². The van der Waals surface area contributed by atoms with Crippen molar-refractivity contribution >= 4 is 22.4 Å². The summed E-state index contributed by atoms with van der Waals surface area (Å²) < 4.78 is 11.2. The number of benzene rings is 4. The standard InChI is InChI=1S/C24H17NO5/c26-24(23-10-4-7-18-6-1-2-9-22(18)23)29-16-17-5-3-8-21(15-17)30-20-13-11-19(12-14-20)25(27)28/h1-15H,16H2. The fraction of sp³-hybridized carbons (Fsp3) is 0.0417. The quantitative estimate of drug-likeness (QED) is 0.229. The van der Waals surface area contributed by atoms with Gasteiger partial charge in [0, 0.05) is 12.1 Å². The van der Waals surface area contributed by atoms with Crippen molar-refractivity contribution in [2.45, 2.75) is 6.61 Å². The summed E-state index contributed by atoms with van der Waals surface area (Å²) in [6.07, 6.45) is 0. The lowest BCUT2D eigenvalue weighted by molar-refractivity contribution is -0.384. The molecule has 0 aliphatic carbocycles. The molecule has 148 valence electrons. The molecule has 0 N–H and O–H groups in total. The topological polar surface area (TPSA) is 78.7 Å². The van der Waals surface area contributed by atoms with Crippen molar-refractivity contribution < 1.29 is 19.2 Å². The first-order chi connectivity index (χ1) is 14.6. The number of rotatable bonds is 6. The first-order valence-electron chi connectivity index (χ1n) is 9.26. The number of ether oxygens (including phenoxy) is 2. The second kappa shape index (κ2) is 8.45. The zero-order valence-corrected chi connectivity index (χ0v) is 15.9. The monoisotopic (exact) mass is 399 g/mol. The largest absolute Gasteiger partial charge is 0.457 e. The summed E-state index contributed by atoms with van der Waals surface area (Å²) in [6, 6.07) is 26.2. The first kappa shape index (κ1) is 19.1. The fourth-order valence-corrected chi connectivity index (χ4v) is 3.10. The Kier molecular flexibility index (Phi) is 5.39. The van der Waals surface area contributed by atoms with Gasteiger partial charge < -0.3 is 9.47 Å². The summed E-state index contributed by atoms with van der Waals surface area (Å²) in [5.41, 5.74) is 1.28. The van der Waals surface area contributed by atoms with E-state index in [1.165, 1.54) is 24.3 Å². The highest BCUT2D eigenvalue weighted by molar-refractivity contribution is 6.04. The third kappa shape index (κ3) is 4.28. The average molecular weight is 399 g/mol. The minimum absolute atomic E-state index is 0.00329. The zero-order chi connectivity index (χ0) is 20.9. The molecule has 0 unspecified atom stereocenters. The molecule has 0 heterocycles. The molecule has 4 rings (SSSR count). The summed E-state index contributed by atoms with van der Waals surface area (Å²) in [5.74, 6) is 0.626. The number of fused-ring (bicyclic) bond motifs is 1. The van der Waals surface area contributed by atoms with Gasteiger partial charge in [0.05, 0.1) is 10.5 Å². The van der Waals surface area contributed by atoms with Gasteiger partial charge in [0.15, 0.2) is 0 Å². The lowest BCUT2D eigenvalue weighted by atomic mass is 10.0.